The van der Waals surface area contributed by atoms with Crippen molar-refractivity contribution in [3.8, 4) is 16.3 Å². The third kappa shape index (κ3) is 4.95. The fourth-order valence-electron chi connectivity index (χ4n) is 2.26. The number of halogens is 2. The van der Waals surface area contributed by atoms with Crippen LogP contribution in [0.4, 0.5) is 8.78 Å². The highest BCUT2D eigenvalue weighted by Crippen LogP contribution is 2.24. The third-order valence-corrected chi connectivity index (χ3v) is 4.50. The maximum Gasteiger partial charge on any atom is 0.246 e. The molecular weight excluding hydrogens is 372 g/mol. The summed E-state index contributed by atoms with van der Waals surface area (Å²) in [7, 11) is 1.38. The minimum atomic E-state index is -0.511. The number of nitrogens with one attached hydrogen (secondary N) is 1. The summed E-state index contributed by atoms with van der Waals surface area (Å²) in [5, 5.41) is 6.28. The number of amides is 1. The number of methoxy groups -OCH3 is 1. The van der Waals surface area contributed by atoms with E-state index in [0.717, 1.165) is 5.56 Å². The Morgan fingerprint density at radius 1 is 1.26 bits per heavy atom. The molecule has 2 aromatic carbocycles. The first-order valence-corrected chi connectivity index (χ1v) is 8.79. The third-order valence-electron chi connectivity index (χ3n) is 3.56. The fourth-order valence-corrected chi connectivity index (χ4v) is 3.08. The van der Waals surface area contributed by atoms with Gasteiger partial charge in [0.25, 0.3) is 0 Å². The number of hydrazone groups is 1. The van der Waals surface area contributed by atoms with Crippen LogP contribution >= 0.6 is 11.3 Å². The van der Waals surface area contributed by atoms with Crippen molar-refractivity contribution in [2.75, 3.05) is 7.11 Å². The van der Waals surface area contributed by atoms with Crippen LogP contribution in [-0.2, 0) is 11.2 Å². The molecule has 3 aromatic rings. The predicted octanol–water partition coefficient (Wildman–Crippen LogP) is 3.79. The highest BCUT2D eigenvalue weighted by Gasteiger charge is 2.09. The Hall–Kier alpha value is -3.13. The lowest BCUT2D eigenvalue weighted by atomic mass is 10.2. The monoisotopic (exact) mass is 387 g/mol. The second-order valence-corrected chi connectivity index (χ2v) is 6.37. The molecule has 0 radical (unpaired) electrons. The predicted molar refractivity (Wildman–Crippen MR) is 99.9 cm³/mol. The zero-order valence-electron chi connectivity index (χ0n) is 14.3. The maximum atomic E-state index is 13.6. The Balaban J connectivity index is 1.56. The van der Waals surface area contributed by atoms with Gasteiger partial charge in [0, 0.05) is 10.9 Å². The summed E-state index contributed by atoms with van der Waals surface area (Å²) in [5.74, 6) is -1.04. The molecule has 1 aromatic heterocycles. The van der Waals surface area contributed by atoms with Gasteiger partial charge in [0.2, 0.25) is 5.91 Å². The fraction of sp³-hybridized carbons (Fsp3) is 0.105. The summed E-state index contributed by atoms with van der Waals surface area (Å²) in [6, 6.07) is 10.3. The summed E-state index contributed by atoms with van der Waals surface area (Å²) in [6.07, 6.45) is 1.39. The van der Waals surface area contributed by atoms with Crippen molar-refractivity contribution >= 4 is 23.5 Å². The largest absolute Gasteiger partial charge is 0.494 e. The first-order valence-electron chi connectivity index (χ1n) is 7.91. The van der Waals surface area contributed by atoms with E-state index in [1.165, 1.54) is 48.9 Å². The number of nitrogens with zero attached hydrogens (tertiary/aromatic N) is 2. The Morgan fingerprint density at radius 3 is 2.74 bits per heavy atom. The van der Waals surface area contributed by atoms with Gasteiger partial charge >= 0.3 is 0 Å². The first kappa shape index (κ1) is 18.7. The summed E-state index contributed by atoms with van der Waals surface area (Å²) in [6.45, 7) is 0. The number of benzene rings is 2. The van der Waals surface area contributed by atoms with Crippen molar-refractivity contribution in [1.82, 2.24) is 10.4 Å². The van der Waals surface area contributed by atoms with Gasteiger partial charge in [0.05, 0.1) is 25.4 Å². The van der Waals surface area contributed by atoms with Gasteiger partial charge in [0.15, 0.2) is 11.6 Å². The van der Waals surface area contributed by atoms with E-state index in [1.807, 2.05) is 0 Å². The zero-order chi connectivity index (χ0) is 19.2. The number of thiazole rings is 1. The molecule has 0 spiro atoms. The lowest BCUT2D eigenvalue weighted by Gasteiger charge is -2.01. The lowest BCUT2D eigenvalue weighted by Crippen LogP contribution is -2.19. The van der Waals surface area contributed by atoms with Crippen molar-refractivity contribution in [3.63, 3.8) is 0 Å². The Bertz CT molecular complexity index is 971. The molecule has 8 heteroatoms. The van der Waals surface area contributed by atoms with Crippen LogP contribution in [0, 0.1) is 11.6 Å². The molecule has 3 rings (SSSR count). The van der Waals surface area contributed by atoms with Crippen LogP contribution in [0.2, 0.25) is 0 Å². The van der Waals surface area contributed by atoms with E-state index in [9.17, 15) is 13.6 Å². The number of carbonyl (C=O) groups is 1. The normalized spacial score (nSPS) is 10.9. The van der Waals surface area contributed by atoms with Crippen LogP contribution in [0.3, 0.4) is 0 Å². The number of hydrogen-bond acceptors (Lipinski definition) is 5. The first-order chi connectivity index (χ1) is 13.0. The van der Waals surface area contributed by atoms with Crippen LogP contribution in [0.1, 0.15) is 11.3 Å². The van der Waals surface area contributed by atoms with Crippen molar-refractivity contribution in [2.24, 2.45) is 5.10 Å². The van der Waals surface area contributed by atoms with E-state index in [1.54, 1.807) is 23.6 Å². The molecule has 0 fully saturated rings. The van der Waals surface area contributed by atoms with Gasteiger partial charge < -0.3 is 4.74 Å². The number of rotatable bonds is 6. The summed E-state index contributed by atoms with van der Waals surface area (Å²) in [5.41, 5.74) is 4.23. The lowest BCUT2D eigenvalue weighted by molar-refractivity contribution is -0.120. The standard InChI is InChI=1S/C19H15F2N3O2S/c1-26-17-7-2-12(8-16(17)21)10-22-24-18(25)9-15-11-27-19(23-15)13-3-5-14(20)6-4-13/h2-8,10-11H,9H2,1H3,(H,24,25)/b22-10-. The van der Waals surface area contributed by atoms with Crippen LogP contribution in [0.5, 0.6) is 5.75 Å². The van der Waals surface area contributed by atoms with Crippen molar-refractivity contribution < 1.29 is 18.3 Å². The number of hydrogen-bond donors (Lipinski definition) is 1. The topological polar surface area (TPSA) is 63.6 Å². The molecule has 138 valence electrons. The molecule has 0 unspecified atom stereocenters. The number of aromatic nitrogens is 1. The molecule has 0 aliphatic carbocycles. The second-order valence-electron chi connectivity index (χ2n) is 5.51. The minimum Gasteiger partial charge on any atom is -0.494 e. The molecule has 0 saturated heterocycles. The highest BCUT2D eigenvalue weighted by atomic mass is 32.1. The van der Waals surface area contributed by atoms with Crippen LogP contribution < -0.4 is 10.2 Å². The van der Waals surface area contributed by atoms with Gasteiger partial charge in [0.1, 0.15) is 10.8 Å². The molecule has 1 heterocycles. The van der Waals surface area contributed by atoms with Crippen LogP contribution in [-0.4, -0.2) is 24.2 Å². The zero-order valence-corrected chi connectivity index (χ0v) is 15.1. The molecule has 0 atom stereocenters. The average Bonchev–Trinajstić information content (AvgIpc) is 3.11. The van der Waals surface area contributed by atoms with Gasteiger partial charge in [-0.2, -0.15) is 5.10 Å². The smallest absolute Gasteiger partial charge is 0.246 e. The summed E-state index contributed by atoms with van der Waals surface area (Å²) in [4.78, 5) is 16.3. The van der Waals surface area contributed by atoms with E-state index in [2.05, 4.69) is 15.5 Å². The molecule has 5 nitrogen and oxygen atoms in total. The van der Waals surface area contributed by atoms with Gasteiger partial charge in [-0.05, 0) is 48.0 Å². The molecule has 1 amide bonds. The van der Waals surface area contributed by atoms with E-state index < -0.39 is 5.82 Å². The number of carbonyl (C=O) groups excluding carboxylic acids is 1. The van der Waals surface area contributed by atoms with Gasteiger partial charge in [-0.3, -0.25) is 4.79 Å². The Morgan fingerprint density at radius 2 is 2.04 bits per heavy atom. The van der Waals surface area contributed by atoms with Gasteiger partial charge in [-0.25, -0.2) is 19.2 Å². The Labute approximate surface area is 158 Å². The molecule has 0 bridgehead atoms. The van der Waals surface area contributed by atoms with E-state index in [-0.39, 0.29) is 23.9 Å². The quantitative estimate of drug-likeness (QED) is 0.517. The van der Waals surface area contributed by atoms with E-state index in [0.29, 0.717) is 16.3 Å². The van der Waals surface area contributed by atoms with E-state index in [4.69, 9.17) is 4.74 Å². The van der Waals surface area contributed by atoms with Crippen molar-refractivity contribution in [2.45, 2.75) is 6.42 Å². The van der Waals surface area contributed by atoms with E-state index >= 15 is 0 Å². The van der Waals surface area contributed by atoms with Crippen LogP contribution in [0.25, 0.3) is 10.6 Å². The molecule has 0 saturated carbocycles. The minimum absolute atomic E-state index is 0.0476. The molecule has 0 aliphatic rings. The maximum absolute atomic E-state index is 13.6. The second kappa shape index (κ2) is 8.50. The molecule has 27 heavy (non-hydrogen) atoms. The molecular formula is C19H15F2N3O2S. The highest BCUT2D eigenvalue weighted by molar-refractivity contribution is 7.13. The summed E-state index contributed by atoms with van der Waals surface area (Å²) >= 11 is 1.37. The van der Waals surface area contributed by atoms with Gasteiger partial charge in [-0.15, -0.1) is 11.3 Å². The van der Waals surface area contributed by atoms with Crippen molar-refractivity contribution in [1.29, 1.82) is 0 Å². The number of ether oxygens (including phenoxy) is 1. The molecule has 1 N–H and O–H groups in total. The summed E-state index contributed by atoms with van der Waals surface area (Å²) < 4.78 is 31.4. The van der Waals surface area contributed by atoms with Crippen molar-refractivity contribution in [3.05, 3.63) is 70.7 Å². The average molecular weight is 387 g/mol. The van der Waals surface area contributed by atoms with Gasteiger partial charge in [-0.1, -0.05) is 0 Å². The molecule has 0 aliphatic heterocycles. The SMILES string of the molecule is COc1ccc(/C=N\NC(=O)Cc2csc(-c3ccc(F)cc3)n2)cc1F. The van der Waals surface area contributed by atoms with Crippen LogP contribution in [0.15, 0.2) is 52.9 Å². The Kier molecular flexibility index (Phi) is 5.87.